The van der Waals surface area contributed by atoms with E-state index in [1.165, 1.54) is 18.2 Å². The van der Waals surface area contributed by atoms with Gasteiger partial charge in [-0.2, -0.15) is 30.7 Å². The highest BCUT2D eigenvalue weighted by atomic mass is 19.4. The van der Waals surface area contributed by atoms with Crippen LogP contribution >= 0.6 is 0 Å². The molecule has 0 N–H and O–H groups in total. The molecule has 1 aliphatic heterocycles. The van der Waals surface area contributed by atoms with Gasteiger partial charge in [0.1, 0.15) is 5.75 Å². The van der Waals surface area contributed by atoms with Gasteiger partial charge in [0.05, 0.1) is 12.3 Å². The summed E-state index contributed by atoms with van der Waals surface area (Å²) in [5.74, 6) is -7.17. The lowest BCUT2D eigenvalue weighted by Crippen LogP contribution is -2.50. The van der Waals surface area contributed by atoms with Crippen LogP contribution in [0.2, 0.25) is 0 Å². The Kier molecular flexibility index (Phi) is 7.70. The summed E-state index contributed by atoms with van der Waals surface area (Å²) in [5, 5.41) is 0.764. The van der Waals surface area contributed by atoms with Gasteiger partial charge in [-0.25, -0.2) is 4.90 Å². The summed E-state index contributed by atoms with van der Waals surface area (Å²) in [6.07, 6.45) is -5.66. The van der Waals surface area contributed by atoms with Gasteiger partial charge in [-0.3, -0.25) is 9.59 Å². The van der Waals surface area contributed by atoms with Crippen molar-refractivity contribution in [2.75, 3.05) is 11.5 Å². The molecular weight excluding hydrogens is 627 g/mol. The Hall–Kier alpha value is -5.37. The van der Waals surface area contributed by atoms with Crippen molar-refractivity contribution in [3.05, 3.63) is 119 Å². The molecule has 6 rings (SSSR count). The minimum absolute atomic E-state index is 0.109. The van der Waals surface area contributed by atoms with Crippen LogP contribution in [0.1, 0.15) is 50.8 Å². The van der Waals surface area contributed by atoms with E-state index in [1.807, 2.05) is 43.3 Å². The maximum Gasteiger partial charge on any atom is 0.460 e. The molecule has 11 heteroatoms. The predicted molar refractivity (Wildman–Crippen MR) is 162 cm³/mol. The zero-order chi connectivity index (χ0) is 33.7. The van der Waals surface area contributed by atoms with Crippen LogP contribution in [0.3, 0.4) is 0 Å². The lowest BCUT2D eigenvalue weighted by Gasteiger charge is -2.31. The standard InChI is InChI=1S/C36H22F7NO3/c1-2-18-47-26-15-12-23-19-22(8-11-24(23)20-26)7-6-21-9-13-25(14-10-21)44-32(45)28-5-3-4-27-30(17-16-29(31(27)28)33(44)46)34(37,38)35(39,40)36(41,42)43/h3-5,8-17,19-20H,2,18H2,1H3. The molecule has 4 nitrogen and oxygen atoms in total. The molecular formula is C36H22F7NO3. The van der Waals surface area contributed by atoms with Crippen molar-refractivity contribution < 1.29 is 45.1 Å². The number of fused-ring (bicyclic) bond motifs is 1. The van der Waals surface area contributed by atoms with Gasteiger partial charge in [-0.1, -0.05) is 49.1 Å². The number of hydrogen-bond acceptors (Lipinski definition) is 3. The number of halogens is 7. The number of carbonyl (C=O) groups is 2. The third kappa shape index (κ3) is 5.33. The van der Waals surface area contributed by atoms with Gasteiger partial charge >= 0.3 is 18.0 Å². The highest BCUT2D eigenvalue weighted by Gasteiger charge is 2.73. The van der Waals surface area contributed by atoms with E-state index >= 15 is 0 Å². The lowest BCUT2D eigenvalue weighted by atomic mass is 9.87. The fourth-order valence-electron chi connectivity index (χ4n) is 5.40. The first kappa shape index (κ1) is 31.6. The number of imide groups is 1. The van der Waals surface area contributed by atoms with Crippen LogP contribution < -0.4 is 9.64 Å². The molecule has 0 spiro atoms. The van der Waals surface area contributed by atoms with Crippen molar-refractivity contribution in [2.24, 2.45) is 0 Å². The van der Waals surface area contributed by atoms with Crippen molar-refractivity contribution in [1.29, 1.82) is 0 Å². The fraction of sp³-hybridized carbons (Fsp3) is 0.167. The first-order chi connectivity index (χ1) is 22.2. The Morgan fingerprint density at radius 3 is 2.00 bits per heavy atom. The molecule has 0 radical (unpaired) electrons. The topological polar surface area (TPSA) is 46.6 Å². The highest BCUT2D eigenvalue weighted by molar-refractivity contribution is 6.36. The molecule has 2 amide bonds. The van der Waals surface area contributed by atoms with Crippen molar-refractivity contribution in [3.8, 4) is 17.6 Å². The number of amides is 2. The van der Waals surface area contributed by atoms with Gasteiger partial charge in [-0.15, -0.1) is 0 Å². The third-order valence-electron chi connectivity index (χ3n) is 7.76. The maximum absolute atomic E-state index is 14.7. The number of carbonyl (C=O) groups excluding carboxylic acids is 2. The lowest BCUT2D eigenvalue weighted by molar-refractivity contribution is -0.359. The van der Waals surface area contributed by atoms with Crippen LogP contribution in [0.15, 0.2) is 91.0 Å². The molecule has 0 aromatic heterocycles. The zero-order valence-electron chi connectivity index (χ0n) is 24.4. The Morgan fingerprint density at radius 1 is 0.702 bits per heavy atom. The Morgan fingerprint density at radius 2 is 1.32 bits per heavy atom. The average molecular weight is 650 g/mol. The molecule has 0 bridgehead atoms. The molecule has 1 aliphatic rings. The van der Waals surface area contributed by atoms with Crippen molar-refractivity contribution >= 4 is 39.0 Å². The summed E-state index contributed by atoms with van der Waals surface area (Å²) < 4.78 is 102. The summed E-state index contributed by atoms with van der Waals surface area (Å²) in [4.78, 5) is 27.7. The summed E-state index contributed by atoms with van der Waals surface area (Å²) >= 11 is 0. The number of alkyl halides is 7. The van der Waals surface area contributed by atoms with Crippen LogP contribution in [0.25, 0.3) is 21.5 Å². The van der Waals surface area contributed by atoms with E-state index in [1.54, 1.807) is 12.1 Å². The third-order valence-corrected chi connectivity index (χ3v) is 7.76. The average Bonchev–Trinajstić information content (AvgIpc) is 3.04. The normalized spacial score (nSPS) is 13.6. The summed E-state index contributed by atoms with van der Waals surface area (Å²) in [6, 6.07) is 21.8. The molecule has 0 saturated carbocycles. The minimum atomic E-state index is -6.56. The van der Waals surface area contributed by atoms with E-state index in [9.17, 15) is 40.3 Å². The molecule has 5 aromatic rings. The molecule has 0 fully saturated rings. The van der Waals surface area contributed by atoms with E-state index in [2.05, 4.69) is 11.8 Å². The number of rotatable bonds is 6. The first-order valence-corrected chi connectivity index (χ1v) is 14.3. The van der Waals surface area contributed by atoms with E-state index in [0.717, 1.165) is 51.6 Å². The Balaban J connectivity index is 1.28. The first-order valence-electron chi connectivity index (χ1n) is 14.3. The summed E-state index contributed by atoms with van der Waals surface area (Å²) in [5.41, 5.74) is -0.877. The molecule has 1 heterocycles. The van der Waals surface area contributed by atoms with Gasteiger partial charge < -0.3 is 4.74 Å². The van der Waals surface area contributed by atoms with Gasteiger partial charge in [0.2, 0.25) is 0 Å². The number of hydrogen-bond donors (Lipinski definition) is 0. The summed E-state index contributed by atoms with van der Waals surface area (Å²) in [6.45, 7) is 2.65. The van der Waals surface area contributed by atoms with Crippen LogP contribution in [0, 0.1) is 11.8 Å². The number of ether oxygens (including phenoxy) is 1. The number of nitrogens with zero attached hydrogens (tertiary/aromatic N) is 1. The maximum atomic E-state index is 14.7. The molecule has 0 saturated heterocycles. The molecule has 0 aliphatic carbocycles. The van der Waals surface area contributed by atoms with Crippen molar-refractivity contribution in [3.63, 3.8) is 0 Å². The van der Waals surface area contributed by atoms with E-state index in [4.69, 9.17) is 4.74 Å². The molecule has 238 valence electrons. The second-order valence-corrected chi connectivity index (χ2v) is 10.9. The fourth-order valence-corrected chi connectivity index (χ4v) is 5.40. The SMILES string of the molecule is CCCOc1ccc2cc(C#Cc3ccc(N4C(=O)c5cccc6c(C(F)(F)C(F)(F)C(F)(F)F)ccc(c56)C4=O)cc3)ccc2c1. The van der Waals surface area contributed by atoms with Gasteiger partial charge in [0, 0.05) is 33.2 Å². The number of benzene rings is 5. The van der Waals surface area contributed by atoms with E-state index in [0.29, 0.717) is 18.2 Å². The van der Waals surface area contributed by atoms with Crippen LogP contribution in [0.5, 0.6) is 5.75 Å². The smallest absolute Gasteiger partial charge is 0.460 e. The predicted octanol–water partition coefficient (Wildman–Crippen LogP) is 9.27. The molecule has 0 unspecified atom stereocenters. The van der Waals surface area contributed by atoms with Crippen molar-refractivity contribution in [1.82, 2.24) is 0 Å². The van der Waals surface area contributed by atoms with E-state index < -0.39 is 46.2 Å². The second kappa shape index (κ2) is 11.5. The minimum Gasteiger partial charge on any atom is -0.494 e. The van der Waals surface area contributed by atoms with Crippen LogP contribution in [-0.4, -0.2) is 30.5 Å². The van der Waals surface area contributed by atoms with Gasteiger partial charge in [-0.05, 0) is 83.2 Å². The van der Waals surface area contributed by atoms with Crippen molar-refractivity contribution in [2.45, 2.75) is 31.4 Å². The Labute approximate surface area is 263 Å². The quantitative estimate of drug-likeness (QED) is 0.105. The van der Waals surface area contributed by atoms with Gasteiger partial charge in [0.25, 0.3) is 11.8 Å². The van der Waals surface area contributed by atoms with E-state index in [-0.39, 0.29) is 16.8 Å². The van der Waals surface area contributed by atoms with Gasteiger partial charge in [0.15, 0.2) is 0 Å². The molecule has 5 aromatic carbocycles. The van der Waals surface area contributed by atoms with Crippen LogP contribution in [0.4, 0.5) is 36.4 Å². The Bertz CT molecular complexity index is 2110. The number of anilines is 1. The molecule has 0 atom stereocenters. The summed E-state index contributed by atoms with van der Waals surface area (Å²) in [7, 11) is 0. The van der Waals surface area contributed by atoms with Crippen LogP contribution in [-0.2, 0) is 5.92 Å². The second-order valence-electron chi connectivity index (χ2n) is 10.9. The monoisotopic (exact) mass is 649 g/mol. The largest absolute Gasteiger partial charge is 0.494 e. The highest BCUT2D eigenvalue weighted by Crippen LogP contribution is 2.53. The zero-order valence-corrected chi connectivity index (χ0v) is 24.4. The molecule has 47 heavy (non-hydrogen) atoms.